The average Bonchev–Trinajstić information content (AvgIpc) is 3.13. The van der Waals surface area contributed by atoms with Crippen molar-refractivity contribution in [2.45, 2.75) is 55.5 Å². The molecule has 1 saturated carbocycles. The average molecular weight is 365 g/mol. The molecule has 2 N–H and O–H groups in total. The molecule has 0 aromatic heterocycles. The molecule has 25 heavy (non-hydrogen) atoms. The second-order valence-electron chi connectivity index (χ2n) is 7.03. The van der Waals surface area contributed by atoms with Crippen molar-refractivity contribution >= 4 is 15.9 Å². The number of carbonyl (C=O) groups is 1. The zero-order valence-electron chi connectivity index (χ0n) is 14.7. The van der Waals surface area contributed by atoms with E-state index in [-0.39, 0.29) is 22.9 Å². The van der Waals surface area contributed by atoms with Crippen LogP contribution in [0.5, 0.6) is 0 Å². The fourth-order valence-electron chi connectivity index (χ4n) is 3.69. The van der Waals surface area contributed by atoms with E-state index in [1.807, 2.05) is 0 Å². The molecule has 138 valence electrons. The lowest BCUT2D eigenvalue weighted by Gasteiger charge is -2.31. The Kier molecular flexibility index (Phi) is 5.76. The largest absolute Gasteiger partial charge is 0.339 e. The third-order valence-corrected chi connectivity index (χ3v) is 6.76. The van der Waals surface area contributed by atoms with Crippen LogP contribution in [0.2, 0.25) is 0 Å². The van der Waals surface area contributed by atoms with Crippen molar-refractivity contribution in [3.05, 3.63) is 29.8 Å². The molecule has 2 fully saturated rings. The van der Waals surface area contributed by atoms with Crippen molar-refractivity contribution in [2.24, 2.45) is 0 Å². The lowest BCUT2D eigenvalue weighted by Crippen LogP contribution is -2.44. The summed E-state index contributed by atoms with van der Waals surface area (Å²) in [5.74, 6) is -0.121. The van der Waals surface area contributed by atoms with Crippen LogP contribution in [-0.4, -0.2) is 51.4 Å². The summed E-state index contributed by atoms with van der Waals surface area (Å²) in [6, 6.07) is 6.60. The minimum atomic E-state index is -3.58. The van der Waals surface area contributed by atoms with Gasteiger partial charge < -0.3 is 10.2 Å². The number of amides is 1. The Labute approximate surface area is 150 Å². The lowest BCUT2D eigenvalue weighted by molar-refractivity contribution is 0.0703. The number of piperidine rings is 1. The first kappa shape index (κ1) is 18.4. The molecule has 0 spiro atoms. The highest BCUT2D eigenvalue weighted by Crippen LogP contribution is 2.21. The molecule has 7 heteroatoms. The Morgan fingerprint density at radius 2 is 1.84 bits per heavy atom. The Morgan fingerprint density at radius 1 is 1.16 bits per heavy atom. The fraction of sp³-hybridized carbons (Fsp3) is 0.611. The van der Waals surface area contributed by atoms with Crippen LogP contribution in [0, 0.1) is 0 Å². The van der Waals surface area contributed by atoms with Crippen LogP contribution >= 0.6 is 0 Å². The normalized spacial score (nSPS) is 19.9. The standard InChI is InChI=1S/C18H27N3O3S/c1-21(16-9-11-19-12-10-16)18(22)14-5-4-8-17(13-14)25(23,24)20-15-6-2-3-7-15/h4-5,8,13,15-16,19-20H,2-3,6-7,9-12H2,1H3. The van der Waals surface area contributed by atoms with Crippen LogP contribution in [0.3, 0.4) is 0 Å². The van der Waals surface area contributed by atoms with E-state index in [0.717, 1.165) is 51.6 Å². The van der Waals surface area contributed by atoms with Gasteiger partial charge in [0, 0.05) is 24.7 Å². The van der Waals surface area contributed by atoms with Gasteiger partial charge in [-0.25, -0.2) is 13.1 Å². The van der Waals surface area contributed by atoms with E-state index in [4.69, 9.17) is 0 Å². The van der Waals surface area contributed by atoms with Gasteiger partial charge in [0.15, 0.2) is 0 Å². The molecular formula is C18H27N3O3S. The monoisotopic (exact) mass is 365 g/mol. The highest BCUT2D eigenvalue weighted by molar-refractivity contribution is 7.89. The molecule has 0 bridgehead atoms. The maximum Gasteiger partial charge on any atom is 0.253 e. The number of nitrogens with zero attached hydrogens (tertiary/aromatic N) is 1. The zero-order valence-corrected chi connectivity index (χ0v) is 15.5. The predicted molar refractivity (Wildman–Crippen MR) is 97.0 cm³/mol. The number of hydrogen-bond donors (Lipinski definition) is 2. The molecule has 0 radical (unpaired) electrons. The molecule has 0 atom stereocenters. The first-order chi connectivity index (χ1) is 12.0. The Morgan fingerprint density at radius 3 is 2.52 bits per heavy atom. The first-order valence-electron chi connectivity index (χ1n) is 9.07. The van der Waals surface area contributed by atoms with E-state index >= 15 is 0 Å². The van der Waals surface area contributed by atoms with Gasteiger partial charge in [0.1, 0.15) is 0 Å². The van der Waals surface area contributed by atoms with Crippen LogP contribution in [0.4, 0.5) is 0 Å². The highest BCUT2D eigenvalue weighted by atomic mass is 32.2. The molecule has 6 nitrogen and oxygen atoms in total. The molecule has 1 aromatic rings. The summed E-state index contributed by atoms with van der Waals surface area (Å²) in [5, 5.41) is 3.29. The van der Waals surface area contributed by atoms with Crippen molar-refractivity contribution in [1.29, 1.82) is 0 Å². The number of benzene rings is 1. The molecule has 1 heterocycles. The fourth-order valence-corrected chi connectivity index (χ4v) is 5.04. The molecule has 1 aromatic carbocycles. The van der Waals surface area contributed by atoms with Crippen molar-refractivity contribution in [2.75, 3.05) is 20.1 Å². The highest BCUT2D eigenvalue weighted by Gasteiger charge is 2.26. The number of sulfonamides is 1. The summed E-state index contributed by atoms with van der Waals surface area (Å²) in [4.78, 5) is 14.7. The van der Waals surface area contributed by atoms with E-state index in [1.165, 1.54) is 6.07 Å². The van der Waals surface area contributed by atoms with Gasteiger partial charge in [0.05, 0.1) is 4.90 Å². The zero-order chi connectivity index (χ0) is 17.9. The van der Waals surface area contributed by atoms with E-state index < -0.39 is 10.0 Å². The number of hydrogen-bond acceptors (Lipinski definition) is 4. The van der Waals surface area contributed by atoms with E-state index in [2.05, 4.69) is 10.0 Å². The van der Waals surface area contributed by atoms with Gasteiger partial charge >= 0.3 is 0 Å². The summed E-state index contributed by atoms with van der Waals surface area (Å²) >= 11 is 0. The molecule has 1 amide bonds. The third kappa shape index (κ3) is 4.40. The smallest absolute Gasteiger partial charge is 0.253 e. The number of carbonyl (C=O) groups excluding carboxylic acids is 1. The molecule has 1 aliphatic heterocycles. The SMILES string of the molecule is CN(C(=O)c1cccc(S(=O)(=O)NC2CCCC2)c1)C1CCNCC1. The number of rotatable bonds is 5. The first-order valence-corrected chi connectivity index (χ1v) is 10.6. The van der Waals surface area contributed by atoms with Gasteiger partial charge in [0.25, 0.3) is 5.91 Å². The van der Waals surface area contributed by atoms with Crippen LogP contribution in [0.1, 0.15) is 48.9 Å². The summed E-state index contributed by atoms with van der Waals surface area (Å²) < 4.78 is 27.9. The predicted octanol–water partition coefficient (Wildman–Crippen LogP) is 1.73. The Hall–Kier alpha value is -1.44. The molecular weight excluding hydrogens is 338 g/mol. The van der Waals surface area contributed by atoms with Gasteiger partial charge in [-0.2, -0.15) is 0 Å². The van der Waals surface area contributed by atoms with Crippen LogP contribution in [-0.2, 0) is 10.0 Å². The lowest BCUT2D eigenvalue weighted by atomic mass is 10.0. The summed E-state index contributed by atoms with van der Waals surface area (Å²) in [5.41, 5.74) is 0.426. The van der Waals surface area contributed by atoms with Crippen LogP contribution in [0.15, 0.2) is 29.2 Å². The third-order valence-electron chi connectivity index (χ3n) is 5.25. The minimum Gasteiger partial charge on any atom is -0.339 e. The molecule has 3 rings (SSSR count). The molecule has 0 unspecified atom stereocenters. The van der Waals surface area contributed by atoms with Gasteiger partial charge in [-0.05, 0) is 57.0 Å². The van der Waals surface area contributed by atoms with Gasteiger partial charge in [-0.15, -0.1) is 0 Å². The molecule has 1 saturated heterocycles. The number of nitrogens with one attached hydrogen (secondary N) is 2. The summed E-state index contributed by atoms with van der Waals surface area (Å²) in [6.07, 6.45) is 5.74. The van der Waals surface area contributed by atoms with Gasteiger partial charge in [-0.3, -0.25) is 4.79 Å². The van der Waals surface area contributed by atoms with E-state index in [0.29, 0.717) is 5.56 Å². The van der Waals surface area contributed by atoms with Crippen LogP contribution < -0.4 is 10.0 Å². The Balaban J connectivity index is 1.74. The second-order valence-corrected chi connectivity index (χ2v) is 8.74. The second kappa shape index (κ2) is 7.85. The topological polar surface area (TPSA) is 78.5 Å². The summed E-state index contributed by atoms with van der Waals surface area (Å²) in [7, 11) is -1.78. The maximum absolute atomic E-state index is 12.8. The van der Waals surface area contributed by atoms with E-state index in [9.17, 15) is 13.2 Å². The van der Waals surface area contributed by atoms with Crippen LogP contribution in [0.25, 0.3) is 0 Å². The quantitative estimate of drug-likeness (QED) is 0.833. The van der Waals surface area contributed by atoms with Crippen molar-refractivity contribution in [3.8, 4) is 0 Å². The summed E-state index contributed by atoms with van der Waals surface area (Å²) in [6.45, 7) is 1.81. The Bertz CT molecular complexity index is 708. The molecule has 1 aliphatic carbocycles. The van der Waals surface area contributed by atoms with Crippen molar-refractivity contribution in [3.63, 3.8) is 0 Å². The minimum absolute atomic E-state index is 0.0155. The van der Waals surface area contributed by atoms with Crippen molar-refractivity contribution in [1.82, 2.24) is 14.9 Å². The van der Waals surface area contributed by atoms with Crippen molar-refractivity contribution < 1.29 is 13.2 Å². The maximum atomic E-state index is 12.8. The van der Waals surface area contributed by atoms with E-state index in [1.54, 1.807) is 30.1 Å². The van der Waals surface area contributed by atoms with Gasteiger partial charge in [-0.1, -0.05) is 18.9 Å². The van der Waals surface area contributed by atoms with Gasteiger partial charge in [0.2, 0.25) is 10.0 Å². The molecule has 2 aliphatic rings.